The average Bonchev–Trinajstić information content (AvgIpc) is 3.09. The molecule has 4 rings (SSSR count). The number of hydrogen-bond donors (Lipinski definition) is 1. The standard InChI is InChI=1S/C27H23ClN2O5S/c1-4-35-27(33)19-7-5-6-8-21(19)30-25(31)23(29-17-11-14-22(34-3)20(28)15-17)24(26(30)32)36-18-12-9-16(2)10-13-18/h5-15,29H,4H2,1-3H3. The molecule has 0 bridgehead atoms. The van der Waals surface area contributed by atoms with E-state index >= 15 is 0 Å². The van der Waals surface area contributed by atoms with Crippen molar-refractivity contribution in [3.05, 3.63) is 93.5 Å². The number of ether oxygens (including phenoxy) is 2. The Labute approximate surface area is 218 Å². The highest BCUT2D eigenvalue weighted by Gasteiger charge is 2.41. The predicted molar refractivity (Wildman–Crippen MR) is 141 cm³/mol. The van der Waals surface area contributed by atoms with E-state index in [0.717, 1.165) is 15.4 Å². The van der Waals surface area contributed by atoms with Gasteiger partial charge in [-0.25, -0.2) is 9.69 Å². The number of carbonyl (C=O) groups excluding carboxylic acids is 3. The summed E-state index contributed by atoms with van der Waals surface area (Å²) in [6.45, 7) is 3.81. The summed E-state index contributed by atoms with van der Waals surface area (Å²) in [5, 5.41) is 3.40. The first-order chi connectivity index (χ1) is 17.3. The third-order valence-electron chi connectivity index (χ3n) is 5.34. The van der Waals surface area contributed by atoms with Crippen molar-refractivity contribution in [1.82, 2.24) is 0 Å². The van der Waals surface area contributed by atoms with E-state index in [1.165, 1.54) is 24.9 Å². The largest absolute Gasteiger partial charge is 0.495 e. The van der Waals surface area contributed by atoms with Gasteiger partial charge in [0.1, 0.15) is 16.4 Å². The Morgan fingerprint density at radius 3 is 2.42 bits per heavy atom. The third-order valence-corrected chi connectivity index (χ3v) is 6.73. The highest BCUT2D eigenvalue weighted by atomic mass is 35.5. The first-order valence-electron chi connectivity index (χ1n) is 11.1. The van der Waals surface area contributed by atoms with Gasteiger partial charge in [-0.2, -0.15) is 0 Å². The molecule has 7 nitrogen and oxygen atoms in total. The Balaban J connectivity index is 1.77. The van der Waals surface area contributed by atoms with Gasteiger partial charge in [0.25, 0.3) is 11.8 Å². The highest BCUT2D eigenvalue weighted by molar-refractivity contribution is 8.04. The number of para-hydroxylation sites is 1. The molecule has 0 atom stereocenters. The molecule has 0 saturated carbocycles. The first kappa shape index (κ1) is 25.3. The summed E-state index contributed by atoms with van der Waals surface area (Å²) in [7, 11) is 1.51. The molecular weight excluding hydrogens is 500 g/mol. The Morgan fingerprint density at radius 1 is 1.03 bits per heavy atom. The van der Waals surface area contributed by atoms with E-state index in [2.05, 4.69) is 5.32 Å². The van der Waals surface area contributed by atoms with Crippen LogP contribution in [0.5, 0.6) is 5.75 Å². The van der Waals surface area contributed by atoms with Gasteiger partial charge in [0.05, 0.1) is 30.0 Å². The number of thioether (sulfide) groups is 1. The molecule has 1 N–H and O–H groups in total. The van der Waals surface area contributed by atoms with Crippen LogP contribution in [0.3, 0.4) is 0 Å². The number of aryl methyl sites for hydroxylation is 1. The normalized spacial score (nSPS) is 13.3. The SMILES string of the molecule is CCOC(=O)c1ccccc1N1C(=O)C(Nc2ccc(OC)c(Cl)c2)=C(Sc2ccc(C)cc2)C1=O. The maximum absolute atomic E-state index is 13.7. The number of amides is 2. The van der Waals surface area contributed by atoms with Crippen molar-refractivity contribution in [3.8, 4) is 5.75 Å². The number of hydrogen-bond acceptors (Lipinski definition) is 7. The van der Waals surface area contributed by atoms with Gasteiger partial charge in [-0.05, 0) is 56.3 Å². The van der Waals surface area contributed by atoms with Crippen LogP contribution in [0.2, 0.25) is 5.02 Å². The second kappa shape index (κ2) is 10.9. The van der Waals surface area contributed by atoms with Crippen LogP contribution in [-0.4, -0.2) is 31.5 Å². The summed E-state index contributed by atoms with van der Waals surface area (Å²) in [4.78, 5) is 41.9. The molecule has 0 spiro atoms. The number of halogens is 1. The van der Waals surface area contributed by atoms with Gasteiger partial charge in [-0.1, -0.05) is 53.2 Å². The quantitative estimate of drug-likeness (QED) is 0.294. The minimum atomic E-state index is -0.621. The summed E-state index contributed by atoms with van der Waals surface area (Å²) in [5.74, 6) is -1.29. The van der Waals surface area contributed by atoms with Crippen LogP contribution < -0.4 is 15.0 Å². The second-order valence-corrected chi connectivity index (χ2v) is 9.27. The van der Waals surface area contributed by atoms with E-state index in [0.29, 0.717) is 16.5 Å². The van der Waals surface area contributed by atoms with E-state index in [1.54, 1.807) is 43.3 Å². The second-order valence-electron chi connectivity index (χ2n) is 7.78. The Morgan fingerprint density at radius 2 is 1.75 bits per heavy atom. The number of anilines is 2. The topological polar surface area (TPSA) is 84.9 Å². The smallest absolute Gasteiger partial charge is 0.340 e. The minimum Gasteiger partial charge on any atom is -0.495 e. The van der Waals surface area contributed by atoms with Crippen LogP contribution in [0.1, 0.15) is 22.8 Å². The van der Waals surface area contributed by atoms with Gasteiger partial charge < -0.3 is 14.8 Å². The number of benzene rings is 3. The number of nitrogens with zero attached hydrogens (tertiary/aromatic N) is 1. The van der Waals surface area contributed by atoms with Crippen LogP contribution in [-0.2, 0) is 14.3 Å². The molecule has 1 heterocycles. The van der Waals surface area contributed by atoms with Crippen molar-refractivity contribution in [2.24, 2.45) is 0 Å². The maximum atomic E-state index is 13.7. The van der Waals surface area contributed by atoms with Crippen molar-refractivity contribution in [2.75, 3.05) is 23.9 Å². The van der Waals surface area contributed by atoms with E-state index in [-0.39, 0.29) is 28.5 Å². The predicted octanol–water partition coefficient (Wildman–Crippen LogP) is 5.82. The monoisotopic (exact) mass is 522 g/mol. The molecule has 1 aliphatic rings. The van der Waals surface area contributed by atoms with Crippen LogP contribution in [0.25, 0.3) is 0 Å². The fourth-order valence-corrected chi connectivity index (χ4v) is 4.78. The van der Waals surface area contributed by atoms with E-state index in [9.17, 15) is 14.4 Å². The van der Waals surface area contributed by atoms with Crippen molar-refractivity contribution in [3.63, 3.8) is 0 Å². The van der Waals surface area contributed by atoms with Gasteiger partial charge in [-0.3, -0.25) is 9.59 Å². The molecule has 9 heteroatoms. The maximum Gasteiger partial charge on any atom is 0.340 e. The van der Waals surface area contributed by atoms with Gasteiger partial charge in [0.15, 0.2) is 0 Å². The Hall–Kier alpha value is -3.75. The summed E-state index contributed by atoms with van der Waals surface area (Å²) in [6.07, 6.45) is 0. The zero-order valence-electron chi connectivity index (χ0n) is 19.8. The van der Waals surface area contributed by atoms with E-state index in [1.807, 2.05) is 31.2 Å². The molecule has 36 heavy (non-hydrogen) atoms. The molecule has 3 aromatic rings. The zero-order chi connectivity index (χ0) is 25.8. The summed E-state index contributed by atoms with van der Waals surface area (Å²) in [5.41, 5.74) is 1.91. The lowest BCUT2D eigenvalue weighted by atomic mass is 10.1. The molecule has 2 amide bonds. The number of carbonyl (C=O) groups is 3. The fourth-order valence-electron chi connectivity index (χ4n) is 3.60. The van der Waals surface area contributed by atoms with Gasteiger partial charge in [0, 0.05) is 10.6 Å². The number of esters is 1. The molecular formula is C27H23ClN2O5S. The zero-order valence-corrected chi connectivity index (χ0v) is 21.4. The summed E-state index contributed by atoms with van der Waals surface area (Å²) >= 11 is 7.44. The first-order valence-corrected chi connectivity index (χ1v) is 12.3. The molecule has 3 aromatic carbocycles. The molecule has 1 aliphatic heterocycles. The van der Waals surface area contributed by atoms with Crippen molar-refractivity contribution in [2.45, 2.75) is 18.7 Å². The molecule has 0 radical (unpaired) electrons. The Bertz CT molecular complexity index is 1370. The van der Waals surface area contributed by atoms with Crippen molar-refractivity contribution < 1.29 is 23.9 Å². The third kappa shape index (κ3) is 5.10. The lowest BCUT2D eigenvalue weighted by Crippen LogP contribution is -2.33. The molecule has 0 aromatic heterocycles. The van der Waals surface area contributed by atoms with E-state index in [4.69, 9.17) is 21.1 Å². The van der Waals surface area contributed by atoms with Crippen LogP contribution in [0.15, 0.2) is 82.2 Å². The van der Waals surface area contributed by atoms with Crippen molar-refractivity contribution in [1.29, 1.82) is 0 Å². The lowest BCUT2D eigenvalue weighted by Gasteiger charge is -2.18. The van der Waals surface area contributed by atoms with Crippen LogP contribution in [0, 0.1) is 6.92 Å². The highest BCUT2D eigenvalue weighted by Crippen LogP contribution is 2.39. The summed E-state index contributed by atoms with van der Waals surface area (Å²) < 4.78 is 10.3. The van der Waals surface area contributed by atoms with Crippen LogP contribution in [0.4, 0.5) is 11.4 Å². The summed E-state index contributed by atoms with van der Waals surface area (Å²) in [6, 6.07) is 18.9. The minimum absolute atomic E-state index is 0.0745. The van der Waals surface area contributed by atoms with Crippen molar-refractivity contribution >= 4 is 52.5 Å². The van der Waals surface area contributed by atoms with E-state index < -0.39 is 17.8 Å². The molecule has 0 saturated heterocycles. The lowest BCUT2D eigenvalue weighted by molar-refractivity contribution is -0.120. The molecule has 0 unspecified atom stereocenters. The number of rotatable bonds is 8. The van der Waals surface area contributed by atoms with Gasteiger partial charge >= 0.3 is 5.97 Å². The number of nitrogens with one attached hydrogen (secondary N) is 1. The number of imide groups is 1. The molecule has 184 valence electrons. The average molecular weight is 523 g/mol. The Kier molecular flexibility index (Phi) is 7.67. The number of methoxy groups -OCH3 is 1. The van der Waals surface area contributed by atoms with Gasteiger partial charge in [-0.15, -0.1) is 0 Å². The molecule has 0 fully saturated rings. The fraction of sp³-hybridized carbons (Fsp3) is 0.148. The molecule has 0 aliphatic carbocycles. The van der Waals surface area contributed by atoms with Gasteiger partial charge in [0.2, 0.25) is 0 Å². The van der Waals surface area contributed by atoms with Crippen LogP contribution >= 0.6 is 23.4 Å².